The fourth-order valence-corrected chi connectivity index (χ4v) is 4.91. The number of benzene rings is 1. The van der Waals surface area contributed by atoms with Gasteiger partial charge >= 0.3 is 0 Å². The van der Waals surface area contributed by atoms with Crippen molar-refractivity contribution < 1.29 is 0 Å². The Labute approximate surface area is 172 Å². The molecule has 0 amide bonds. The molecule has 1 aromatic carbocycles. The highest BCUT2D eigenvalue weighted by molar-refractivity contribution is 5.19. The average molecular weight is 383 g/mol. The van der Waals surface area contributed by atoms with Crippen LogP contribution in [-0.2, 0) is 6.54 Å². The van der Waals surface area contributed by atoms with E-state index in [1.54, 1.807) is 0 Å². The first-order valence-corrected chi connectivity index (χ1v) is 11.0. The summed E-state index contributed by atoms with van der Waals surface area (Å²) in [6, 6.07) is 13.5. The van der Waals surface area contributed by atoms with Gasteiger partial charge in [-0.25, -0.2) is 0 Å². The predicted molar refractivity (Wildman–Crippen MR) is 116 cm³/mol. The van der Waals surface area contributed by atoms with Gasteiger partial charge in [-0.1, -0.05) is 44.2 Å². The molecule has 3 rings (SSSR count). The maximum atomic E-state index is 10.2. The van der Waals surface area contributed by atoms with Crippen LogP contribution in [0.25, 0.3) is 0 Å². The zero-order chi connectivity index (χ0) is 20.2. The molecule has 0 bridgehead atoms. The lowest BCUT2D eigenvalue weighted by atomic mass is 9.76. The van der Waals surface area contributed by atoms with Gasteiger partial charge in [-0.05, 0) is 51.1 Å². The second-order valence-corrected chi connectivity index (χ2v) is 9.80. The molecule has 2 aliphatic rings. The molecule has 4 nitrogen and oxygen atoms in total. The summed E-state index contributed by atoms with van der Waals surface area (Å²) in [6.07, 6.45) is 3.14. The number of nitrogens with zero attached hydrogens (tertiary/aromatic N) is 4. The summed E-state index contributed by atoms with van der Waals surface area (Å²) in [5.74, 6) is 0.762. The van der Waals surface area contributed by atoms with Crippen LogP contribution in [0.1, 0.15) is 52.5 Å². The Morgan fingerprint density at radius 1 is 1.04 bits per heavy atom. The lowest BCUT2D eigenvalue weighted by molar-refractivity contribution is -0.0354. The van der Waals surface area contributed by atoms with Gasteiger partial charge in [0.05, 0.1) is 6.07 Å². The minimum atomic E-state index is -0.305. The van der Waals surface area contributed by atoms with Crippen LogP contribution in [0.3, 0.4) is 0 Å². The number of hydrogen-bond donors (Lipinski definition) is 0. The molecule has 2 aliphatic heterocycles. The first kappa shape index (κ1) is 21.3. The van der Waals surface area contributed by atoms with E-state index in [0.29, 0.717) is 0 Å². The standard InChI is InChI=1S/C24H38N4/c1-21(2)10-12-26-14-16-27(17-15-26)24(20-25)11-13-28(23(3,4)19-24)18-22-8-6-5-7-9-22/h5-9,21H,10-19H2,1-4H3. The number of piperidine rings is 1. The Kier molecular flexibility index (Phi) is 6.81. The van der Waals surface area contributed by atoms with Gasteiger partial charge in [-0.3, -0.25) is 9.80 Å². The lowest BCUT2D eigenvalue weighted by Gasteiger charge is -2.54. The van der Waals surface area contributed by atoms with Crippen molar-refractivity contribution in [2.24, 2.45) is 5.92 Å². The SMILES string of the molecule is CC(C)CCN1CCN(C2(C#N)CCN(Cc3ccccc3)C(C)(C)C2)CC1. The van der Waals surface area contributed by atoms with Crippen LogP contribution in [0.4, 0.5) is 0 Å². The Morgan fingerprint density at radius 3 is 2.29 bits per heavy atom. The molecule has 2 heterocycles. The summed E-state index contributed by atoms with van der Waals surface area (Å²) in [5.41, 5.74) is 1.08. The molecule has 0 aliphatic carbocycles. The molecule has 0 saturated carbocycles. The first-order chi connectivity index (χ1) is 13.3. The van der Waals surface area contributed by atoms with Crippen molar-refractivity contribution >= 4 is 0 Å². The largest absolute Gasteiger partial charge is 0.301 e. The van der Waals surface area contributed by atoms with Gasteiger partial charge in [0.1, 0.15) is 5.54 Å². The highest BCUT2D eigenvalue weighted by Crippen LogP contribution is 2.39. The molecule has 0 N–H and O–H groups in total. The van der Waals surface area contributed by atoms with E-state index in [2.05, 4.69) is 78.8 Å². The third-order valence-corrected chi connectivity index (χ3v) is 6.80. The number of likely N-dealkylation sites (tertiary alicyclic amines) is 1. The third-order valence-electron chi connectivity index (χ3n) is 6.80. The van der Waals surface area contributed by atoms with E-state index in [-0.39, 0.29) is 11.1 Å². The van der Waals surface area contributed by atoms with Gasteiger partial charge in [0.15, 0.2) is 0 Å². The quantitative estimate of drug-likeness (QED) is 0.745. The highest BCUT2D eigenvalue weighted by Gasteiger charge is 2.48. The topological polar surface area (TPSA) is 33.5 Å². The van der Waals surface area contributed by atoms with E-state index < -0.39 is 0 Å². The smallest absolute Gasteiger partial charge is 0.112 e. The van der Waals surface area contributed by atoms with Gasteiger partial charge in [0.25, 0.3) is 0 Å². The normalized spacial score (nSPS) is 27.0. The van der Waals surface area contributed by atoms with Crippen molar-refractivity contribution in [3.8, 4) is 6.07 Å². The van der Waals surface area contributed by atoms with E-state index >= 15 is 0 Å². The maximum Gasteiger partial charge on any atom is 0.112 e. The molecule has 28 heavy (non-hydrogen) atoms. The molecule has 4 heteroatoms. The molecular formula is C24H38N4. The summed E-state index contributed by atoms with van der Waals surface area (Å²) in [7, 11) is 0. The van der Waals surface area contributed by atoms with Crippen molar-refractivity contribution in [3.63, 3.8) is 0 Å². The molecule has 1 aromatic rings. The van der Waals surface area contributed by atoms with Crippen LogP contribution in [0.2, 0.25) is 0 Å². The summed E-state index contributed by atoms with van der Waals surface area (Å²) >= 11 is 0. The molecule has 2 fully saturated rings. The number of hydrogen-bond acceptors (Lipinski definition) is 4. The van der Waals surface area contributed by atoms with E-state index in [4.69, 9.17) is 0 Å². The molecule has 0 spiro atoms. The van der Waals surface area contributed by atoms with Gasteiger partial charge in [0, 0.05) is 44.8 Å². The molecule has 0 aromatic heterocycles. The number of piperazine rings is 1. The lowest BCUT2D eigenvalue weighted by Crippen LogP contribution is -2.64. The summed E-state index contributed by atoms with van der Waals surface area (Å²) < 4.78 is 0. The summed E-state index contributed by atoms with van der Waals surface area (Å²) in [4.78, 5) is 7.65. The molecule has 0 radical (unpaired) electrons. The summed E-state index contributed by atoms with van der Waals surface area (Å²) in [6.45, 7) is 16.6. The zero-order valence-electron chi connectivity index (χ0n) is 18.3. The molecule has 2 saturated heterocycles. The fraction of sp³-hybridized carbons (Fsp3) is 0.708. The Bertz CT molecular complexity index is 655. The average Bonchev–Trinajstić information content (AvgIpc) is 2.69. The van der Waals surface area contributed by atoms with Crippen molar-refractivity contribution in [1.29, 1.82) is 5.26 Å². The molecule has 1 unspecified atom stereocenters. The van der Waals surface area contributed by atoms with Crippen LogP contribution in [0.15, 0.2) is 30.3 Å². The molecule has 1 atom stereocenters. The van der Waals surface area contributed by atoms with E-state index in [1.807, 2.05) is 0 Å². The maximum absolute atomic E-state index is 10.2. The fourth-order valence-electron chi connectivity index (χ4n) is 4.91. The highest BCUT2D eigenvalue weighted by atomic mass is 15.3. The molecular weight excluding hydrogens is 344 g/mol. The van der Waals surface area contributed by atoms with Gasteiger partial charge in [-0.2, -0.15) is 5.26 Å². The predicted octanol–water partition coefficient (Wildman–Crippen LogP) is 3.99. The number of rotatable bonds is 6. The zero-order valence-corrected chi connectivity index (χ0v) is 18.3. The van der Waals surface area contributed by atoms with Crippen LogP contribution in [-0.4, -0.2) is 65.0 Å². The van der Waals surface area contributed by atoms with Crippen LogP contribution in [0, 0.1) is 17.2 Å². The van der Waals surface area contributed by atoms with Crippen molar-refractivity contribution in [1.82, 2.24) is 14.7 Å². The van der Waals surface area contributed by atoms with Crippen LogP contribution >= 0.6 is 0 Å². The minimum Gasteiger partial charge on any atom is -0.301 e. The van der Waals surface area contributed by atoms with Crippen molar-refractivity contribution in [3.05, 3.63) is 35.9 Å². The van der Waals surface area contributed by atoms with Crippen LogP contribution in [0.5, 0.6) is 0 Å². The summed E-state index contributed by atoms with van der Waals surface area (Å²) in [5, 5.41) is 10.2. The van der Waals surface area contributed by atoms with Gasteiger partial charge in [0.2, 0.25) is 0 Å². The first-order valence-electron chi connectivity index (χ1n) is 11.0. The van der Waals surface area contributed by atoms with Crippen molar-refractivity contribution in [2.75, 3.05) is 39.3 Å². The minimum absolute atomic E-state index is 0.0264. The third kappa shape index (κ3) is 4.95. The van der Waals surface area contributed by atoms with E-state index in [1.165, 1.54) is 18.5 Å². The van der Waals surface area contributed by atoms with Crippen molar-refractivity contribution in [2.45, 2.75) is 64.6 Å². The second-order valence-electron chi connectivity index (χ2n) is 9.80. The van der Waals surface area contributed by atoms with Gasteiger partial charge < -0.3 is 4.90 Å². The van der Waals surface area contributed by atoms with Gasteiger partial charge in [-0.15, -0.1) is 0 Å². The Balaban J connectivity index is 1.61. The second kappa shape index (κ2) is 8.95. The van der Waals surface area contributed by atoms with E-state index in [9.17, 15) is 5.26 Å². The monoisotopic (exact) mass is 382 g/mol. The molecule has 154 valence electrons. The van der Waals surface area contributed by atoms with E-state index in [0.717, 1.165) is 58.0 Å². The number of nitriles is 1. The van der Waals surface area contributed by atoms with Crippen LogP contribution < -0.4 is 0 Å². The Morgan fingerprint density at radius 2 is 1.71 bits per heavy atom. The Hall–Kier alpha value is -1.41.